The second-order valence-corrected chi connectivity index (χ2v) is 4.83. The first-order valence-electron chi connectivity index (χ1n) is 6.26. The number of aliphatic hydroxyl groups excluding tert-OH is 1. The molecule has 1 aliphatic carbocycles. The van der Waals surface area contributed by atoms with Crippen molar-refractivity contribution < 1.29 is 19.4 Å². The summed E-state index contributed by atoms with van der Waals surface area (Å²) in [6.45, 7) is 0. The molecule has 104 valence electrons. The van der Waals surface area contributed by atoms with Crippen molar-refractivity contribution in [2.75, 3.05) is 11.1 Å². The van der Waals surface area contributed by atoms with Crippen LogP contribution < -0.4 is 11.1 Å². The minimum Gasteiger partial charge on any atom is -0.478 e. The first-order valence-corrected chi connectivity index (χ1v) is 6.26. The second-order valence-electron chi connectivity index (χ2n) is 4.83. The van der Waals surface area contributed by atoms with E-state index < -0.39 is 23.5 Å². The number of rotatable bonds is 3. The molecule has 0 spiro atoms. The van der Waals surface area contributed by atoms with Crippen LogP contribution >= 0.6 is 0 Å². The van der Waals surface area contributed by atoms with Crippen molar-refractivity contribution in [2.45, 2.75) is 37.8 Å². The number of halogens is 1. The molecule has 0 bridgehead atoms. The molecule has 19 heavy (non-hydrogen) atoms. The summed E-state index contributed by atoms with van der Waals surface area (Å²) in [5.41, 5.74) is 5.76. The molecule has 0 amide bonds. The van der Waals surface area contributed by atoms with Gasteiger partial charge in [-0.25, -0.2) is 9.18 Å². The molecule has 2 atom stereocenters. The maximum Gasteiger partial charge on any atom is 0.338 e. The zero-order valence-electron chi connectivity index (χ0n) is 10.4. The Hall–Kier alpha value is -1.82. The Labute approximate surface area is 110 Å². The fourth-order valence-corrected chi connectivity index (χ4v) is 2.36. The zero-order valence-corrected chi connectivity index (χ0v) is 10.4. The summed E-state index contributed by atoms with van der Waals surface area (Å²) >= 11 is 0. The van der Waals surface area contributed by atoms with Crippen molar-refractivity contribution in [1.82, 2.24) is 0 Å². The number of benzene rings is 1. The van der Waals surface area contributed by atoms with Crippen LogP contribution in [0.5, 0.6) is 0 Å². The molecule has 1 aliphatic rings. The smallest absolute Gasteiger partial charge is 0.338 e. The van der Waals surface area contributed by atoms with Crippen LogP contribution in [0.15, 0.2) is 12.1 Å². The topological polar surface area (TPSA) is 95.6 Å². The predicted molar refractivity (Wildman–Crippen MR) is 69.7 cm³/mol. The first kappa shape index (κ1) is 13.6. The van der Waals surface area contributed by atoms with E-state index in [4.69, 9.17) is 10.8 Å². The lowest BCUT2D eigenvalue weighted by Crippen LogP contribution is -2.36. The summed E-state index contributed by atoms with van der Waals surface area (Å²) < 4.78 is 13.6. The van der Waals surface area contributed by atoms with Gasteiger partial charge in [-0.1, -0.05) is 12.8 Å². The van der Waals surface area contributed by atoms with E-state index in [2.05, 4.69) is 5.32 Å². The van der Waals surface area contributed by atoms with Crippen LogP contribution in [0.2, 0.25) is 0 Å². The third-order valence-electron chi connectivity index (χ3n) is 3.44. The molecule has 1 saturated carbocycles. The van der Waals surface area contributed by atoms with E-state index in [1.807, 2.05) is 0 Å². The van der Waals surface area contributed by atoms with E-state index in [0.717, 1.165) is 31.4 Å². The molecule has 0 aliphatic heterocycles. The van der Waals surface area contributed by atoms with Crippen molar-refractivity contribution in [2.24, 2.45) is 0 Å². The van der Waals surface area contributed by atoms with Gasteiger partial charge in [-0.15, -0.1) is 0 Å². The molecule has 6 heteroatoms. The zero-order chi connectivity index (χ0) is 14.0. The molecule has 0 aromatic heterocycles. The summed E-state index contributed by atoms with van der Waals surface area (Å²) in [6, 6.07) is 1.99. The van der Waals surface area contributed by atoms with Gasteiger partial charge < -0.3 is 21.3 Å². The van der Waals surface area contributed by atoms with Crippen molar-refractivity contribution in [1.29, 1.82) is 0 Å². The summed E-state index contributed by atoms with van der Waals surface area (Å²) in [6.07, 6.45) is 2.96. The summed E-state index contributed by atoms with van der Waals surface area (Å²) in [7, 11) is 0. The lowest BCUT2D eigenvalue weighted by atomic mass is 9.92. The quantitative estimate of drug-likeness (QED) is 0.627. The molecular formula is C13H17FN2O3. The third kappa shape index (κ3) is 2.96. The highest BCUT2D eigenvalue weighted by Gasteiger charge is 2.24. The monoisotopic (exact) mass is 268 g/mol. The number of hydrogen-bond donors (Lipinski definition) is 4. The highest BCUT2D eigenvalue weighted by molar-refractivity contribution is 5.90. The van der Waals surface area contributed by atoms with E-state index >= 15 is 0 Å². The predicted octanol–water partition coefficient (Wildman–Crippen LogP) is 1.82. The molecule has 1 aromatic carbocycles. The number of carboxylic acids is 1. The number of anilines is 2. The van der Waals surface area contributed by atoms with E-state index in [-0.39, 0.29) is 11.7 Å². The normalized spacial score (nSPS) is 23.1. The number of aromatic carboxylic acids is 1. The Bertz CT molecular complexity index is 493. The Balaban J connectivity index is 2.21. The van der Waals surface area contributed by atoms with Crippen LogP contribution in [-0.4, -0.2) is 28.3 Å². The van der Waals surface area contributed by atoms with Crippen LogP contribution in [0.25, 0.3) is 0 Å². The number of carbonyl (C=O) groups is 1. The van der Waals surface area contributed by atoms with Crippen LogP contribution in [0.3, 0.4) is 0 Å². The van der Waals surface area contributed by atoms with Crippen molar-refractivity contribution in [3.8, 4) is 0 Å². The van der Waals surface area contributed by atoms with E-state index in [1.165, 1.54) is 0 Å². The van der Waals surface area contributed by atoms with Crippen LogP contribution in [0.4, 0.5) is 15.8 Å². The van der Waals surface area contributed by atoms with Gasteiger partial charge in [-0.2, -0.15) is 0 Å². The molecule has 0 radical (unpaired) electrons. The number of carboxylic acid groups (broad SMARTS) is 1. The van der Waals surface area contributed by atoms with E-state index in [9.17, 15) is 14.3 Å². The molecule has 0 heterocycles. The van der Waals surface area contributed by atoms with E-state index in [1.54, 1.807) is 0 Å². The van der Waals surface area contributed by atoms with Gasteiger partial charge in [0.15, 0.2) is 0 Å². The third-order valence-corrected chi connectivity index (χ3v) is 3.44. The second kappa shape index (κ2) is 5.44. The van der Waals surface area contributed by atoms with Gasteiger partial charge in [-0.05, 0) is 25.0 Å². The van der Waals surface area contributed by atoms with Crippen LogP contribution in [-0.2, 0) is 0 Å². The fourth-order valence-electron chi connectivity index (χ4n) is 2.36. The number of nitrogens with two attached hydrogens (primary N) is 1. The molecular weight excluding hydrogens is 251 g/mol. The van der Waals surface area contributed by atoms with Crippen molar-refractivity contribution in [3.63, 3.8) is 0 Å². The fraction of sp³-hybridized carbons (Fsp3) is 0.462. The Kier molecular flexibility index (Phi) is 3.90. The van der Waals surface area contributed by atoms with E-state index in [0.29, 0.717) is 12.1 Å². The molecule has 2 unspecified atom stereocenters. The molecule has 0 saturated heterocycles. The van der Waals surface area contributed by atoms with Crippen molar-refractivity contribution in [3.05, 3.63) is 23.5 Å². The van der Waals surface area contributed by atoms with Crippen molar-refractivity contribution >= 4 is 17.3 Å². The van der Waals surface area contributed by atoms with Crippen LogP contribution in [0.1, 0.15) is 36.0 Å². The highest BCUT2D eigenvalue weighted by Crippen LogP contribution is 2.27. The number of nitrogen functional groups attached to an aromatic ring is 1. The SMILES string of the molecule is Nc1cc(C(=O)O)c(F)cc1NC1CCCCC1O. The summed E-state index contributed by atoms with van der Waals surface area (Å²) in [5, 5.41) is 21.6. The minimum atomic E-state index is -1.35. The average Bonchev–Trinajstić information content (AvgIpc) is 2.35. The Morgan fingerprint density at radius 1 is 1.37 bits per heavy atom. The average molecular weight is 268 g/mol. The molecule has 5 N–H and O–H groups in total. The largest absolute Gasteiger partial charge is 0.478 e. The van der Waals surface area contributed by atoms with Crippen LogP contribution in [0, 0.1) is 5.82 Å². The number of nitrogens with one attached hydrogen (secondary N) is 1. The summed E-state index contributed by atoms with van der Waals surface area (Å²) in [4.78, 5) is 10.8. The lowest BCUT2D eigenvalue weighted by molar-refractivity contribution is 0.0692. The Morgan fingerprint density at radius 2 is 2.05 bits per heavy atom. The number of hydrogen-bond acceptors (Lipinski definition) is 4. The molecule has 1 aromatic rings. The molecule has 5 nitrogen and oxygen atoms in total. The molecule has 2 rings (SSSR count). The highest BCUT2D eigenvalue weighted by atomic mass is 19.1. The van der Waals surface area contributed by atoms with Gasteiger partial charge in [-0.3, -0.25) is 0 Å². The minimum absolute atomic E-state index is 0.163. The van der Waals surface area contributed by atoms with Gasteiger partial charge in [0.1, 0.15) is 5.82 Å². The van der Waals surface area contributed by atoms with Gasteiger partial charge in [0.05, 0.1) is 29.1 Å². The number of aliphatic hydroxyl groups is 1. The lowest BCUT2D eigenvalue weighted by Gasteiger charge is -2.29. The van der Waals surface area contributed by atoms with Gasteiger partial charge in [0.2, 0.25) is 0 Å². The molecule has 1 fully saturated rings. The van der Waals surface area contributed by atoms with Gasteiger partial charge in [0, 0.05) is 0 Å². The first-order chi connectivity index (χ1) is 8.99. The van der Waals surface area contributed by atoms with Gasteiger partial charge >= 0.3 is 5.97 Å². The summed E-state index contributed by atoms with van der Waals surface area (Å²) in [5.74, 6) is -2.19. The maximum atomic E-state index is 13.6. The van der Waals surface area contributed by atoms with Gasteiger partial charge in [0.25, 0.3) is 0 Å². The standard InChI is InChI=1S/C13H17FN2O3/c14-8-6-11(9(15)5-7(8)13(18)19)16-10-3-1-2-4-12(10)17/h5-6,10,12,16-17H,1-4,15H2,(H,18,19). The maximum absolute atomic E-state index is 13.6. The Morgan fingerprint density at radius 3 is 2.68 bits per heavy atom.